The number of sulfone groups is 1. The molecule has 0 aliphatic rings. The Bertz CT molecular complexity index is 483. The minimum absolute atomic E-state index is 0.00378. The smallest absolute Gasteiger partial charge is 0.175 e. The largest absolute Gasteiger partial charge is 0.224 e. The van der Waals surface area contributed by atoms with Gasteiger partial charge in [0.05, 0.1) is 16.9 Å². The predicted octanol–water partition coefficient (Wildman–Crippen LogP) is 2.18. The molecular formula is C12H15NO2S. The molecular weight excluding hydrogens is 222 g/mol. The van der Waals surface area contributed by atoms with Crippen LogP contribution in [0.2, 0.25) is 0 Å². The Balaban J connectivity index is 2.85. The van der Waals surface area contributed by atoms with Gasteiger partial charge in [-0.1, -0.05) is 19.1 Å². The molecule has 1 unspecified atom stereocenters. The summed E-state index contributed by atoms with van der Waals surface area (Å²) in [5.74, 6) is 0.00378. The van der Waals surface area contributed by atoms with Crippen molar-refractivity contribution in [3.05, 3.63) is 29.8 Å². The van der Waals surface area contributed by atoms with Gasteiger partial charge >= 0.3 is 0 Å². The third kappa shape index (κ3) is 3.35. The summed E-state index contributed by atoms with van der Waals surface area (Å²) in [5.41, 5.74) is 1.00. The normalized spacial score (nSPS) is 13.1. The Morgan fingerprint density at radius 2 is 1.88 bits per heavy atom. The van der Waals surface area contributed by atoms with E-state index in [2.05, 4.69) is 6.07 Å². The van der Waals surface area contributed by atoms with Crippen molar-refractivity contribution < 1.29 is 8.42 Å². The van der Waals surface area contributed by atoms with Crippen LogP contribution >= 0.6 is 0 Å². The first-order valence-corrected chi connectivity index (χ1v) is 7.05. The second-order valence-corrected chi connectivity index (χ2v) is 5.87. The van der Waals surface area contributed by atoms with Crippen LogP contribution in [0.3, 0.4) is 0 Å². The van der Waals surface area contributed by atoms with Crippen LogP contribution in [0.25, 0.3) is 0 Å². The van der Waals surface area contributed by atoms with Crippen LogP contribution in [0.4, 0.5) is 0 Å². The number of benzene rings is 1. The molecule has 1 rings (SSSR count). The van der Waals surface area contributed by atoms with Crippen LogP contribution in [-0.2, 0) is 16.3 Å². The molecule has 1 aromatic rings. The van der Waals surface area contributed by atoms with Gasteiger partial charge in [0.25, 0.3) is 0 Å². The van der Waals surface area contributed by atoms with Gasteiger partial charge in [-0.15, -0.1) is 0 Å². The SMILES string of the molecule is CCC(C#N)Cc1ccc(S(C)(=O)=O)cc1. The number of nitrogens with zero attached hydrogens (tertiary/aromatic N) is 1. The molecule has 16 heavy (non-hydrogen) atoms. The molecule has 1 aromatic carbocycles. The van der Waals surface area contributed by atoms with Crippen LogP contribution in [0.1, 0.15) is 18.9 Å². The van der Waals surface area contributed by atoms with E-state index in [0.717, 1.165) is 12.0 Å². The summed E-state index contributed by atoms with van der Waals surface area (Å²) in [4.78, 5) is 0.321. The first-order valence-electron chi connectivity index (χ1n) is 5.16. The molecule has 0 aliphatic heterocycles. The summed E-state index contributed by atoms with van der Waals surface area (Å²) >= 11 is 0. The Morgan fingerprint density at radius 1 is 1.31 bits per heavy atom. The molecule has 0 saturated heterocycles. The van der Waals surface area contributed by atoms with E-state index in [1.807, 2.05) is 6.92 Å². The Labute approximate surface area is 96.6 Å². The highest BCUT2D eigenvalue weighted by Crippen LogP contribution is 2.14. The first-order chi connectivity index (χ1) is 7.47. The maximum atomic E-state index is 11.2. The van der Waals surface area contributed by atoms with Gasteiger partial charge in [0, 0.05) is 6.26 Å². The van der Waals surface area contributed by atoms with E-state index in [1.54, 1.807) is 24.3 Å². The van der Waals surface area contributed by atoms with Gasteiger partial charge in [-0.3, -0.25) is 0 Å². The Hall–Kier alpha value is -1.34. The van der Waals surface area contributed by atoms with Crippen LogP contribution in [0, 0.1) is 17.2 Å². The zero-order chi connectivity index (χ0) is 12.2. The van der Waals surface area contributed by atoms with Gasteiger partial charge in [0.15, 0.2) is 9.84 Å². The summed E-state index contributed by atoms with van der Waals surface area (Å²) in [6, 6.07) is 8.96. The van der Waals surface area contributed by atoms with Gasteiger partial charge in [-0.2, -0.15) is 5.26 Å². The Morgan fingerprint density at radius 3 is 2.25 bits per heavy atom. The van der Waals surface area contributed by atoms with E-state index in [0.29, 0.717) is 11.3 Å². The average Bonchev–Trinajstić information content (AvgIpc) is 2.25. The van der Waals surface area contributed by atoms with Crippen molar-refractivity contribution in [1.82, 2.24) is 0 Å². The number of rotatable bonds is 4. The molecule has 4 heteroatoms. The third-order valence-corrected chi connectivity index (χ3v) is 3.64. The third-order valence-electron chi connectivity index (χ3n) is 2.51. The number of nitriles is 1. The molecule has 0 amide bonds. The molecule has 0 radical (unpaired) electrons. The standard InChI is InChI=1S/C12H15NO2S/c1-3-10(9-13)8-11-4-6-12(7-5-11)16(2,14)15/h4-7,10H,3,8H2,1-2H3. The van der Waals surface area contributed by atoms with E-state index in [1.165, 1.54) is 6.26 Å². The molecule has 0 heterocycles. The molecule has 0 spiro atoms. The molecule has 0 bridgehead atoms. The second-order valence-electron chi connectivity index (χ2n) is 3.85. The fourth-order valence-electron chi connectivity index (χ4n) is 1.44. The van der Waals surface area contributed by atoms with Gasteiger partial charge in [-0.05, 0) is 30.5 Å². The minimum Gasteiger partial charge on any atom is -0.224 e. The van der Waals surface area contributed by atoms with Crippen molar-refractivity contribution in [3.8, 4) is 6.07 Å². The highest BCUT2D eigenvalue weighted by Gasteiger charge is 2.08. The zero-order valence-corrected chi connectivity index (χ0v) is 10.3. The van der Waals surface area contributed by atoms with Gasteiger partial charge in [0.2, 0.25) is 0 Å². The summed E-state index contributed by atoms with van der Waals surface area (Å²) < 4.78 is 22.5. The second kappa shape index (κ2) is 5.13. The highest BCUT2D eigenvalue weighted by molar-refractivity contribution is 7.90. The maximum Gasteiger partial charge on any atom is 0.175 e. The lowest BCUT2D eigenvalue weighted by molar-refractivity contribution is 0.601. The summed E-state index contributed by atoms with van der Waals surface area (Å²) in [6.45, 7) is 1.97. The molecule has 0 aliphatic carbocycles. The molecule has 0 aromatic heterocycles. The lowest BCUT2D eigenvalue weighted by Gasteiger charge is -2.06. The van der Waals surface area contributed by atoms with Crippen LogP contribution in [0.15, 0.2) is 29.2 Å². The topological polar surface area (TPSA) is 57.9 Å². The van der Waals surface area contributed by atoms with Crippen LogP contribution in [-0.4, -0.2) is 14.7 Å². The number of hydrogen-bond donors (Lipinski definition) is 0. The van der Waals surface area contributed by atoms with E-state index < -0.39 is 9.84 Å². The van der Waals surface area contributed by atoms with Crippen molar-refractivity contribution in [2.75, 3.05) is 6.26 Å². The van der Waals surface area contributed by atoms with Crippen LogP contribution in [0.5, 0.6) is 0 Å². The van der Waals surface area contributed by atoms with E-state index in [4.69, 9.17) is 5.26 Å². The van der Waals surface area contributed by atoms with E-state index >= 15 is 0 Å². The van der Waals surface area contributed by atoms with Crippen molar-refractivity contribution in [3.63, 3.8) is 0 Å². The van der Waals surface area contributed by atoms with Gasteiger partial charge in [-0.25, -0.2) is 8.42 Å². The maximum absolute atomic E-state index is 11.2. The number of hydrogen-bond acceptors (Lipinski definition) is 3. The fourth-order valence-corrected chi connectivity index (χ4v) is 2.07. The van der Waals surface area contributed by atoms with Crippen molar-refractivity contribution in [1.29, 1.82) is 5.26 Å². The zero-order valence-electron chi connectivity index (χ0n) is 9.47. The fraction of sp³-hybridized carbons (Fsp3) is 0.417. The molecule has 0 saturated carbocycles. The first kappa shape index (κ1) is 12.7. The van der Waals surface area contributed by atoms with Crippen molar-refractivity contribution >= 4 is 9.84 Å². The predicted molar refractivity (Wildman–Crippen MR) is 62.6 cm³/mol. The van der Waals surface area contributed by atoms with Crippen molar-refractivity contribution in [2.24, 2.45) is 5.92 Å². The highest BCUT2D eigenvalue weighted by atomic mass is 32.2. The molecule has 86 valence electrons. The lowest BCUT2D eigenvalue weighted by Crippen LogP contribution is -2.01. The van der Waals surface area contributed by atoms with Crippen molar-refractivity contribution in [2.45, 2.75) is 24.7 Å². The monoisotopic (exact) mass is 237 g/mol. The lowest BCUT2D eigenvalue weighted by atomic mass is 9.99. The minimum atomic E-state index is -3.12. The average molecular weight is 237 g/mol. The molecule has 0 fully saturated rings. The van der Waals surface area contributed by atoms with Crippen LogP contribution < -0.4 is 0 Å². The summed E-state index contributed by atoms with van der Waals surface area (Å²) in [5, 5.41) is 8.83. The van der Waals surface area contributed by atoms with Gasteiger partial charge in [0.1, 0.15) is 0 Å². The summed E-state index contributed by atoms with van der Waals surface area (Å²) in [6.07, 6.45) is 2.67. The quantitative estimate of drug-likeness (QED) is 0.806. The molecule has 1 atom stereocenters. The van der Waals surface area contributed by atoms with Gasteiger partial charge < -0.3 is 0 Å². The molecule has 0 N–H and O–H groups in total. The molecule has 3 nitrogen and oxygen atoms in total. The van der Waals surface area contributed by atoms with E-state index in [-0.39, 0.29) is 5.92 Å². The summed E-state index contributed by atoms with van der Waals surface area (Å²) in [7, 11) is -3.12. The Kier molecular flexibility index (Phi) is 4.08. The van der Waals surface area contributed by atoms with E-state index in [9.17, 15) is 8.42 Å².